The molecule has 2 aliphatic carbocycles. The van der Waals surface area contributed by atoms with Gasteiger partial charge in [-0.3, -0.25) is 4.79 Å². The number of methoxy groups -OCH3 is 1. The fraction of sp³-hybridized carbons (Fsp3) is 0.708. The fourth-order valence-corrected chi connectivity index (χ4v) is 6.25. The molecule has 6 heteroatoms. The van der Waals surface area contributed by atoms with E-state index in [1.807, 2.05) is 6.07 Å². The van der Waals surface area contributed by atoms with Gasteiger partial charge in [0.15, 0.2) is 29.7 Å². The SMILES string of the molecule is CCCCCC(O)O.COc1ccc2c3c1O[C@H]1C(=O)CC[C@H]4[C@@H](C2)N(C)CC[C@]314. The van der Waals surface area contributed by atoms with E-state index in [4.69, 9.17) is 19.7 Å². The van der Waals surface area contributed by atoms with Gasteiger partial charge in [-0.15, -0.1) is 0 Å². The Labute approximate surface area is 179 Å². The highest BCUT2D eigenvalue weighted by atomic mass is 16.5. The monoisotopic (exact) mass is 417 g/mol. The third kappa shape index (κ3) is 3.33. The number of hydrogen-bond acceptors (Lipinski definition) is 6. The van der Waals surface area contributed by atoms with Gasteiger partial charge in [0.2, 0.25) is 0 Å². The Morgan fingerprint density at radius 1 is 1.33 bits per heavy atom. The maximum Gasteiger partial charge on any atom is 0.174 e. The third-order valence-corrected chi connectivity index (χ3v) is 7.66. The van der Waals surface area contributed by atoms with Gasteiger partial charge in [-0.2, -0.15) is 0 Å². The van der Waals surface area contributed by atoms with E-state index >= 15 is 0 Å². The van der Waals surface area contributed by atoms with E-state index in [9.17, 15) is 4.79 Å². The van der Waals surface area contributed by atoms with E-state index in [2.05, 4.69) is 24.9 Å². The van der Waals surface area contributed by atoms with Crippen molar-refractivity contribution in [3.63, 3.8) is 0 Å². The summed E-state index contributed by atoms with van der Waals surface area (Å²) in [4.78, 5) is 15.1. The van der Waals surface area contributed by atoms with E-state index in [0.29, 0.717) is 24.8 Å². The van der Waals surface area contributed by atoms with Crippen molar-refractivity contribution in [1.82, 2.24) is 4.90 Å². The van der Waals surface area contributed by atoms with Gasteiger partial charge in [0, 0.05) is 23.4 Å². The van der Waals surface area contributed by atoms with E-state index in [0.717, 1.165) is 56.6 Å². The molecule has 0 aromatic heterocycles. The van der Waals surface area contributed by atoms with E-state index in [1.165, 1.54) is 11.1 Å². The molecule has 5 rings (SSSR count). The van der Waals surface area contributed by atoms with Crippen LogP contribution in [0.3, 0.4) is 0 Å². The van der Waals surface area contributed by atoms with Crippen LogP contribution in [0.2, 0.25) is 0 Å². The van der Waals surface area contributed by atoms with Crippen molar-refractivity contribution in [1.29, 1.82) is 0 Å². The topological polar surface area (TPSA) is 79.2 Å². The van der Waals surface area contributed by atoms with Crippen LogP contribution in [0, 0.1) is 5.92 Å². The smallest absolute Gasteiger partial charge is 0.174 e. The summed E-state index contributed by atoms with van der Waals surface area (Å²) in [6, 6.07) is 4.73. The first kappa shape index (κ1) is 21.6. The van der Waals surface area contributed by atoms with Gasteiger partial charge in [0.25, 0.3) is 0 Å². The number of benzene rings is 1. The van der Waals surface area contributed by atoms with Crippen molar-refractivity contribution in [2.24, 2.45) is 5.92 Å². The van der Waals surface area contributed by atoms with Crippen molar-refractivity contribution in [3.05, 3.63) is 23.3 Å². The quantitative estimate of drug-likeness (QED) is 0.567. The number of unbranched alkanes of at least 4 members (excludes halogenated alkanes) is 2. The Balaban J connectivity index is 0.000000235. The molecule has 1 aromatic carbocycles. The molecule has 4 aliphatic rings. The fourth-order valence-electron chi connectivity index (χ4n) is 6.25. The number of rotatable bonds is 5. The summed E-state index contributed by atoms with van der Waals surface area (Å²) in [6.45, 7) is 3.13. The van der Waals surface area contributed by atoms with E-state index in [-0.39, 0.29) is 17.3 Å². The molecule has 1 spiro atoms. The number of likely N-dealkylation sites (N-methyl/N-ethyl adjacent to an activating group) is 1. The molecule has 2 heterocycles. The lowest BCUT2D eigenvalue weighted by Gasteiger charge is -2.57. The Bertz CT molecular complexity index is 794. The molecule has 2 bridgehead atoms. The minimum Gasteiger partial charge on any atom is -0.493 e. The lowest BCUT2D eigenvalue weighted by molar-refractivity contribution is -0.138. The second kappa shape index (κ2) is 8.48. The van der Waals surface area contributed by atoms with Crippen LogP contribution in [0.5, 0.6) is 11.5 Å². The Morgan fingerprint density at radius 2 is 2.13 bits per heavy atom. The maximum absolute atomic E-state index is 12.6. The first-order valence-corrected chi connectivity index (χ1v) is 11.4. The van der Waals surface area contributed by atoms with Crippen LogP contribution < -0.4 is 9.47 Å². The number of carbonyl (C=O) groups is 1. The lowest BCUT2D eigenvalue weighted by Crippen LogP contribution is -2.65. The molecule has 0 radical (unpaired) electrons. The number of hydrogen-bond donors (Lipinski definition) is 2. The Morgan fingerprint density at radius 3 is 2.83 bits per heavy atom. The summed E-state index contributed by atoms with van der Waals surface area (Å²) < 4.78 is 11.8. The van der Waals surface area contributed by atoms with E-state index < -0.39 is 6.29 Å². The number of Topliss-reactive ketones (excluding diaryl/α,β-unsaturated/α-hetero) is 1. The van der Waals surface area contributed by atoms with Crippen molar-refractivity contribution in [3.8, 4) is 11.5 Å². The predicted octanol–water partition coefficient (Wildman–Crippen LogP) is 2.81. The molecular formula is C24H35NO5. The van der Waals surface area contributed by atoms with Gasteiger partial charge < -0.3 is 24.6 Å². The summed E-state index contributed by atoms with van der Waals surface area (Å²) in [5.74, 6) is 2.46. The summed E-state index contributed by atoms with van der Waals surface area (Å²) in [7, 11) is 3.91. The Kier molecular flexibility index (Phi) is 6.11. The molecule has 30 heavy (non-hydrogen) atoms. The number of nitrogens with zero attached hydrogens (tertiary/aromatic N) is 1. The van der Waals surface area contributed by atoms with Crippen molar-refractivity contribution >= 4 is 5.78 Å². The number of piperidine rings is 1. The largest absolute Gasteiger partial charge is 0.493 e. The number of ketones is 1. The van der Waals surface area contributed by atoms with Gasteiger partial charge in [-0.1, -0.05) is 25.8 Å². The molecule has 0 amide bonds. The molecule has 2 aliphatic heterocycles. The van der Waals surface area contributed by atoms with Gasteiger partial charge in [-0.25, -0.2) is 0 Å². The first-order valence-electron chi connectivity index (χ1n) is 11.4. The standard InChI is InChI=1S/C18H21NO3.C6H14O2/c1-19-8-7-18-11-4-5-13(20)17(18)22-16-14(21-2)6-3-10(15(16)18)9-12(11)19;1-2-3-4-5-6(7)8/h3,6,11-12,17H,4-5,7-9H2,1-2H3;6-8H,2-5H2,1H3/t11-,12+,17-,18-;/m0./s1. The van der Waals surface area contributed by atoms with Gasteiger partial charge in [0.05, 0.1) is 7.11 Å². The predicted molar refractivity (Wildman–Crippen MR) is 114 cm³/mol. The number of aliphatic hydroxyl groups excluding tert-OH is 1. The molecule has 4 atom stereocenters. The van der Waals surface area contributed by atoms with Crippen LogP contribution in [-0.4, -0.2) is 60.0 Å². The van der Waals surface area contributed by atoms with Crippen molar-refractivity contribution < 1.29 is 24.5 Å². The second-order valence-corrected chi connectivity index (χ2v) is 9.26. The average Bonchev–Trinajstić information content (AvgIpc) is 3.08. The zero-order valence-electron chi connectivity index (χ0n) is 18.4. The average molecular weight is 418 g/mol. The van der Waals surface area contributed by atoms with Crippen LogP contribution >= 0.6 is 0 Å². The number of aliphatic hydroxyl groups is 2. The number of likely N-dealkylation sites (tertiary alicyclic amines) is 1. The van der Waals surface area contributed by atoms with Gasteiger partial charge in [0.1, 0.15) is 0 Å². The highest BCUT2D eigenvalue weighted by molar-refractivity contribution is 5.89. The van der Waals surface area contributed by atoms with Crippen LogP contribution in [0.15, 0.2) is 12.1 Å². The molecule has 0 unspecified atom stereocenters. The minimum atomic E-state index is -1.10. The molecule has 2 fully saturated rings. The minimum absolute atomic E-state index is 0.0933. The molecule has 166 valence electrons. The van der Waals surface area contributed by atoms with Crippen molar-refractivity contribution in [2.75, 3.05) is 20.7 Å². The van der Waals surface area contributed by atoms with Crippen LogP contribution in [0.25, 0.3) is 0 Å². The summed E-state index contributed by atoms with van der Waals surface area (Å²) in [5.41, 5.74) is 2.57. The highest BCUT2D eigenvalue weighted by Crippen LogP contribution is 2.63. The maximum atomic E-state index is 12.6. The Hall–Kier alpha value is -1.63. The summed E-state index contributed by atoms with van der Waals surface area (Å²) >= 11 is 0. The highest BCUT2D eigenvalue weighted by Gasteiger charge is 2.65. The molecule has 1 saturated carbocycles. The first-order chi connectivity index (χ1) is 14.4. The molecule has 1 aromatic rings. The summed E-state index contributed by atoms with van der Waals surface area (Å²) in [6.07, 6.45) is 6.05. The number of ether oxygens (including phenoxy) is 2. The van der Waals surface area contributed by atoms with Crippen LogP contribution in [0.1, 0.15) is 63.0 Å². The molecule has 1 saturated heterocycles. The normalized spacial score (nSPS) is 31.0. The van der Waals surface area contributed by atoms with Crippen LogP contribution in [0.4, 0.5) is 0 Å². The molecule has 6 nitrogen and oxygen atoms in total. The number of carbonyl (C=O) groups excluding carboxylic acids is 1. The third-order valence-electron chi connectivity index (χ3n) is 7.66. The zero-order chi connectivity index (χ0) is 21.5. The molecule has 2 N–H and O–H groups in total. The second-order valence-electron chi connectivity index (χ2n) is 9.26. The van der Waals surface area contributed by atoms with Gasteiger partial charge >= 0.3 is 0 Å². The van der Waals surface area contributed by atoms with Gasteiger partial charge in [-0.05, 0) is 63.2 Å². The van der Waals surface area contributed by atoms with Crippen molar-refractivity contribution in [2.45, 2.75) is 82.1 Å². The molecular weight excluding hydrogens is 382 g/mol. The lowest BCUT2D eigenvalue weighted by atomic mass is 9.52. The summed E-state index contributed by atoms with van der Waals surface area (Å²) in [5, 5.41) is 16.7. The van der Waals surface area contributed by atoms with E-state index in [1.54, 1.807) is 7.11 Å². The van der Waals surface area contributed by atoms with Crippen LogP contribution in [-0.2, 0) is 16.6 Å². The zero-order valence-corrected chi connectivity index (χ0v) is 18.4.